The summed E-state index contributed by atoms with van der Waals surface area (Å²) in [5.74, 6) is 0.692. The number of nitrogens with zero attached hydrogens (tertiary/aromatic N) is 2. The minimum atomic E-state index is -0.107. The maximum absolute atomic E-state index is 5.42. The molecule has 0 radical (unpaired) electrons. The molecule has 0 aliphatic heterocycles. The van der Waals surface area contributed by atoms with E-state index in [1.165, 1.54) is 64.7 Å². The molecule has 2 aromatic heterocycles. The van der Waals surface area contributed by atoms with Gasteiger partial charge in [0.15, 0.2) is 5.82 Å². The summed E-state index contributed by atoms with van der Waals surface area (Å²) in [6, 6.07) is 79.2. The Kier molecular flexibility index (Phi) is 9.06. The summed E-state index contributed by atoms with van der Waals surface area (Å²) in [4.78, 5) is 10.8. The first-order valence-corrected chi connectivity index (χ1v) is 22.8. The molecule has 0 unspecified atom stereocenters. The highest BCUT2D eigenvalue weighted by Crippen LogP contribution is 2.53. The van der Waals surface area contributed by atoms with Crippen molar-refractivity contribution >= 4 is 31.5 Å². The van der Waals surface area contributed by atoms with E-state index in [-0.39, 0.29) is 5.41 Å². The Morgan fingerprint density at radius 3 is 1.66 bits per heavy atom. The first kappa shape index (κ1) is 38.0. The monoisotopic (exact) mass is 834 g/mol. The zero-order chi connectivity index (χ0) is 42.8. The molecule has 11 aromatic rings. The molecular formula is C61H42N2S. The van der Waals surface area contributed by atoms with E-state index in [1.54, 1.807) is 0 Å². The summed E-state index contributed by atoms with van der Waals surface area (Å²) in [5.41, 5.74) is 19.4. The van der Waals surface area contributed by atoms with Crippen LogP contribution in [0.25, 0.3) is 110 Å². The van der Waals surface area contributed by atoms with Gasteiger partial charge >= 0.3 is 0 Å². The topological polar surface area (TPSA) is 25.8 Å². The van der Waals surface area contributed by atoms with Crippen molar-refractivity contribution in [3.05, 3.63) is 230 Å². The molecule has 0 N–H and O–H groups in total. The van der Waals surface area contributed by atoms with Crippen LogP contribution in [-0.2, 0) is 5.41 Å². The molecule has 0 atom stereocenters. The summed E-state index contributed by atoms with van der Waals surface area (Å²) in [7, 11) is 0. The summed E-state index contributed by atoms with van der Waals surface area (Å²) in [5, 5.41) is 2.57. The first-order chi connectivity index (χ1) is 31.5. The number of aromatic nitrogens is 2. The number of benzene rings is 9. The number of hydrogen-bond donors (Lipinski definition) is 0. The van der Waals surface area contributed by atoms with Crippen LogP contribution in [0.3, 0.4) is 0 Å². The molecule has 0 saturated carbocycles. The van der Waals surface area contributed by atoms with E-state index < -0.39 is 0 Å². The van der Waals surface area contributed by atoms with Gasteiger partial charge in [-0.1, -0.05) is 184 Å². The van der Waals surface area contributed by atoms with Crippen molar-refractivity contribution in [1.29, 1.82) is 0 Å². The highest BCUT2D eigenvalue weighted by molar-refractivity contribution is 7.25. The zero-order valence-electron chi connectivity index (χ0n) is 35.6. The Labute approximate surface area is 377 Å². The second-order valence-corrected chi connectivity index (χ2v) is 18.4. The Morgan fingerprint density at radius 2 is 0.859 bits per heavy atom. The molecular weight excluding hydrogens is 793 g/mol. The summed E-state index contributed by atoms with van der Waals surface area (Å²) >= 11 is 1.85. The average molecular weight is 835 g/mol. The maximum atomic E-state index is 5.42. The Balaban J connectivity index is 1.08. The van der Waals surface area contributed by atoms with Crippen LogP contribution in [0, 0.1) is 0 Å². The van der Waals surface area contributed by atoms with Gasteiger partial charge in [0.2, 0.25) is 0 Å². The standard InChI is InChI=1S/C61H42N2S/c1-61(2)53-28-13-11-26-51(53)59-50(27-16-29-54(59)61)47-23-9-10-24-48(47)56-38-55(62-60(63-56)40-19-7-4-8-20-40)46-35-44(42-22-15-21-41(33-42)39-17-5-3-6-18-39)34-45(36-46)43-31-32-58-52(37-43)49-25-12-14-30-57(49)64-58/h3-38H,1-2H3. The number of fused-ring (bicyclic) bond motifs is 6. The van der Waals surface area contributed by atoms with Gasteiger partial charge in [-0.05, 0) is 115 Å². The molecule has 0 spiro atoms. The van der Waals surface area contributed by atoms with Gasteiger partial charge in [-0.3, -0.25) is 0 Å². The van der Waals surface area contributed by atoms with E-state index in [0.29, 0.717) is 5.82 Å². The third kappa shape index (κ3) is 6.47. The second kappa shape index (κ2) is 15.3. The maximum Gasteiger partial charge on any atom is 0.160 e. The molecule has 0 bridgehead atoms. The number of hydrogen-bond acceptors (Lipinski definition) is 3. The predicted octanol–water partition coefficient (Wildman–Crippen LogP) is 16.8. The predicted molar refractivity (Wildman–Crippen MR) is 271 cm³/mol. The van der Waals surface area contributed by atoms with Crippen LogP contribution in [0.4, 0.5) is 0 Å². The lowest BCUT2D eigenvalue weighted by Gasteiger charge is -2.22. The van der Waals surface area contributed by atoms with E-state index in [9.17, 15) is 0 Å². The molecule has 0 saturated heterocycles. The van der Waals surface area contributed by atoms with Gasteiger partial charge in [-0.25, -0.2) is 9.97 Å². The van der Waals surface area contributed by atoms with E-state index >= 15 is 0 Å². The molecule has 9 aromatic carbocycles. The third-order valence-electron chi connectivity index (χ3n) is 13.1. The van der Waals surface area contributed by atoms with Crippen molar-refractivity contribution in [3.63, 3.8) is 0 Å². The first-order valence-electron chi connectivity index (χ1n) is 22.0. The summed E-state index contributed by atoms with van der Waals surface area (Å²) < 4.78 is 2.59. The fraction of sp³-hybridized carbons (Fsp3) is 0.0492. The van der Waals surface area contributed by atoms with Crippen molar-refractivity contribution in [1.82, 2.24) is 9.97 Å². The molecule has 1 aliphatic rings. The molecule has 12 rings (SSSR count). The highest BCUT2D eigenvalue weighted by atomic mass is 32.1. The smallest absolute Gasteiger partial charge is 0.160 e. The molecule has 1 aliphatic carbocycles. The zero-order valence-corrected chi connectivity index (χ0v) is 36.4. The SMILES string of the molecule is CC1(C)c2ccccc2-c2c(-c3ccccc3-c3cc(-c4cc(-c5cccc(-c6ccccc6)c5)cc(-c5ccc6sc7ccccc7c6c5)c4)nc(-c4ccccc4)n3)cccc21. The molecule has 302 valence electrons. The fourth-order valence-corrected chi connectivity index (χ4v) is 11.0. The fourth-order valence-electron chi connectivity index (χ4n) is 9.89. The molecule has 2 nitrogen and oxygen atoms in total. The normalized spacial score (nSPS) is 12.7. The molecule has 0 fully saturated rings. The van der Waals surface area contributed by atoms with E-state index in [2.05, 4.69) is 226 Å². The van der Waals surface area contributed by atoms with Crippen molar-refractivity contribution in [2.45, 2.75) is 19.3 Å². The number of rotatable bonds is 7. The largest absolute Gasteiger partial charge is 0.228 e. The second-order valence-electron chi connectivity index (χ2n) is 17.3. The summed E-state index contributed by atoms with van der Waals surface area (Å²) in [6.07, 6.45) is 0. The molecule has 3 heteroatoms. The molecule has 64 heavy (non-hydrogen) atoms. The highest BCUT2D eigenvalue weighted by Gasteiger charge is 2.36. The van der Waals surface area contributed by atoms with Gasteiger partial charge in [0, 0.05) is 42.3 Å². The van der Waals surface area contributed by atoms with Crippen molar-refractivity contribution < 1.29 is 0 Å². The van der Waals surface area contributed by atoms with Crippen LogP contribution in [0.1, 0.15) is 25.0 Å². The minimum absolute atomic E-state index is 0.107. The molecule has 2 heterocycles. The average Bonchev–Trinajstić information content (AvgIpc) is 3.85. The van der Waals surface area contributed by atoms with E-state index in [1.807, 2.05) is 17.4 Å². The van der Waals surface area contributed by atoms with Gasteiger partial charge in [-0.2, -0.15) is 0 Å². The van der Waals surface area contributed by atoms with Crippen LogP contribution in [0.15, 0.2) is 218 Å². The van der Waals surface area contributed by atoms with E-state index in [4.69, 9.17) is 9.97 Å². The lowest BCUT2D eigenvalue weighted by atomic mass is 9.81. The lowest BCUT2D eigenvalue weighted by Crippen LogP contribution is -2.14. The van der Waals surface area contributed by atoms with Gasteiger partial charge in [-0.15, -0.1) is 11.3 Å². The van der Waals surface area contributed by atoms with Gasteiger partial charge in [0.1, 0.15) is 0 Å². The Bertz CT molecular complexity index is 3580. The Hall–Kier alpha value is -7.72. The van der Waals surface area contributed by atoms with Crippen LogP contribution in [-0.4, -0.2) is 9.97 Å². The van der Waals surface area contributed by atoms with Crippen molar-refractivity contribution in [2.24, 2.45) is 0 Å². The van der Waals surface area contributed by atoms with Crippen LogP contribution < -0.4 is 0 Å². The quantitative estimate of drug-likeness (QED) is 0.160. The number of thiophene rings is 1. The lowest BCUT2D eigenvalue weighted by molar-refractivity contribution is 0.660. The van der Waals surface area contributed by atoms with Crippen LogP contribution in [0.2, 0.25) is 0 Å². The molecule has 0 amide bonds. The summed E-state index contributed by atoms with van der Waals surface area (Å²) in [6.45, 7) is 4.69. The van der Waals surface area contributed by atoms with Crippen molar-refractivity contribution in [3.8, 4) is 89.5 Å². The third-order valence-corrected chi connectivity index (χ3v) is 14.3. The van der Waals surface area contributed by atoms with Gasteiger partial charge in [0.05, 0.1) is 11.4 Å². The van der Waals surface area contributed by atoms with Crippen LogP contribution >= 0.6 is 11.3 Å². The Morgan fingerprint density at radius 1 is 0.328 bits per heavy atom. The van der Waals surface area contributed by atoms with Crippen LogP contribution in [0.5, 0.6) is 0 Å². The van der Waals surface area contributed by atoms with Gasteiger partial charge < -0.3 is 0 Å². The van der Waals surface area contributed by atoms with E-state index in [0.717, 1.165) is 50.3 Å². The minimum Gasteiger partial charge on any atom is -0.228 e. The van der Waals surface area contributed by atoms with Gasteiger partial charge in [0.25, 0.3) is 0 Å². The van der Waals surface area contributed by atoms with Crippen molar-refractivity contribution in [2.75, 3.05) is 0 Å².